The summed E-state index contributed by atoms with van der Waals surface area (Å²) in [5.41, 5.74) is 3.55. The minimum atomic E-state index is -0.243. The second kappa shape index (κ2) is 11.7. The number of benzene rings is 5. The molecule has 0 heterocycles. The SMILES string of the molecule is Cc1ccc([S+](c2ccc(CO)cc2)c2ccc(Sc3ccc(C(=O)c4ccccc4)cc3)cc2)cc1. The maximum Gasteiger partial charge on any atom is 0.193 e. The molecular weight excluding hydrogens is 492 g/mol. The first-order valence-electron chi connectivity index (χ1n) is 12.1. The van der Waals surface area contributed by atoms with Crippen LogP contribution >= 0.6 is 11.8 Å². The molecule has 0 aliphatic carbocycles. The maximum atomic E-state index is 12.7. The van der Waals surface area contributed by atoms with Gasteiger partial charge in [0, 0.05) is 20.9 Å². The van der Waals surface area contributed by atoms with E-state index in [4.69, 9.17) is 0 Å². The number of aliphatic hydroxyl groups excluding tert-OH is 1. The van der Waals surface area contributed by atoms with Gasteiger partial charge in [0.05, 0.1) is 17.5 Å². The summed E-state index contributed by atoms with van der Waals surface area (Å²) in [7, 11) is -0.243. The van der Waals surface area contributed by atoms with Gasteiger partial charge < -0.3 is 5.11 Å². The van der Waals surface area contributed by atoms with E-state index in [1.807, 2.05) is 66.7 Å². The van der Waals surface area contributed by atoms with Crippen molar-refractivity contribution in [2.75, 3.05) is 0 Å². The van der Waals surface area contributed by atoms with Gasteiger partial charge >= 0.3 is 0 Å². The van der Waals surface area contributed by atoms with Crippen LogP contribution in [0, 0.1) is 6.92 Å². The molecule has 0 bridgehead atoms. The Morgan fingerprint density at radius 3 is 1.62 bits per heavy atom. The van der Waals surface area contributed by atoms with Crippen LogP contribution in [0.5, 0.6) is 0 Å². The Kier molecular flexibility index (Phi) is 7.90. The number of aliphatic hydroxyl groups is 1. The lowest BCUT2D eigenvalue weighted by Gasteiger charge is -2.10. The minimum absolute atomic E-state index is 0.0386. The molecule has 1 N–H and O–H groups in total. The Morgan fingerprint density at radius 2 is 1.08 bits per heavy atom. The van der Waals surface area contributed by atoms with Gasteiger partial charge in [0.25, 0.3) is 0 Å². The topological polar surface area (TPSA) is 37.3 Å². The standard InChI is InChI=1S/C33H27O2S2/c1-24-7-17-30(18-8-24)37(31-19-9-25(23-34)10-20-31)32-21-15-29(16-22-32)36-28-13-11-27(12-14-28)33(35)26-5-3-2-4-6-26/h2-22,34H,23H2,1H3/q+1. The zero-order valence-electron chi connectivity index (χ0n) is 20.5. The van der Waals surface area contributed by atoms with Gasteiger partial charge in [-0.25, -0.2) is 0 Å². The summed E-state index contributed by atoms with van der Waals surface area (Å²) >= 11 is 1.69. The van der Waals surface area contributed by atoms with Gasteiger partial charge in [-0.3, -0.25) is 4.79 Å². The van der Waals surface area contributed by atoms with E-state index in [0.717, 1.165) is 15.4 Å². The van der Waals surface area contributed by atoms with Crippen molar-refractivity contribution in [2.24, 2.45) is 0 Å². The van der Waals surface area contributed by atoms with E-state index in [1.165, 1.54) is 20.2 Å². The Balaban J connectivity index is 1.36. The number of hydrogen-bond acceptors (Lipinski definition) is 3. The molecule has 4 heteroatoms. The van der Waals surface area contributed by atoms with Crippen molar-refractivity contribution in [3.05, 3.63) is 150 Å². The van der Waals surface area contributed by atoms with Crippen LogP contribution in [-0.4, -0.2) is 10.9 Å². The number of carbonyl (C=O) groups excluding carboxylic acids is 1. The van der Waals surface area contributed by atoms with Crippen molar-refractivity contribution in [3.63, 3.8) is 0 Å². The Hall–Kier alpha value is -3.57. The van der Waals surface area contributed by atoms with Crippen LogP contribution in [0.25, 0.3) is 0 Å². The number of hydrogen-bond donors (Lipinski definition) is 1. The largest absolute Gasteiger partial charge is 0.392 e. The minimum Gasteiger partial charge on any atom is -0.392 e. The first-order chi connectivity index (χ1) is 18.1. The van der Waals surface area contributed by atoms with Crippen LogP contribution in [-0.2, 0) is 17.5 Å². The number of rotatable bonds is 8. The van der Waals surface area contributed by atoms with E-state index in [-0.39, 0.29) is 23.3 Å². The molecule has 0 aromatic heterocycles. The molecule has 0 fully saturated rings. The molecule has 2 nitrogen and oxygen atoms in total. The quantitative estimate of drug-likeness (QED) is 0.167. The van der Waals surface area contributed by atoms with Gasteiger partial charge in [0.2, 0.25) is 0 Å². The molecule has 182 valence electrons. The van der Waals surface area contributed by atoms with Gasteiger partial charge in [0.15, 0.2) is 20.5 Å². The summed E-state index contributed by atoms with van der Waals surface area (Å²) in [5, 5.41) is 9.46. The fourth-order valence-electron chi connectivity index (χ4n) is 4.02. The van der Waals surface area contributed by atoms with E-state index in [1.54, 1.807) is 11.8 Å². The molecule has 0 spiro atoms. The predicted octanol–water partition coefficient (Wildman–Crippen LogP) is 7.96. The van der Waals surface area contributed by atoms with E-state index in [2.05, 4.69) is 67.6 Å². The molecule has 0 saturated carbocycles. The van der Waals surface area contributed by atoms with Crippen molar-refractivity contribution < 1.29 is 9.90 Å². The van der Waals surface area contributed by atoms with Crippen LogP contribution < -0.4 is 0 Å². The van der Waals surface area contributed by atoms with E-state index >= 15 is 0 Å². The highest BCUT2D eigenvalue weighted by Gasteiger charge is 2.28. The fourth-order valence-corrected chi connectivity index (χ4v) is 6.88. The van der Waals surface area contributed by atoms with Gasteiger partial charge in [-0.15, -0.1) is 0 Å². The van der Waals surface area contributed by atoms with Crippen molar-refractivity contribution in [1.82, 2.24) is 0 Å². The molecule has 0 aliphatic rings. The second-order valence-corrected chi connectivity index (χ2v) is 11.9. The number of aryl methyl sites for hydroxylation is 1. The van der Waals surface area contributed by atoms with Crippen LogP contribution in [0.4, 0.5) is 0 Å². The molecule has 37 heavy (non-hydrogen) atoms. The van der Waals surface area contributed by atoms with Crippen LogP contribution in [0.1, 0.15) is 27.0 Å². The third-order valence-corrected chi connectivity index (χ3v) is 9.29. The molecule has 5 aromatic carbocycles. The van der Waals surface area contributed by atoms with Gasteiger partial charge in [0.1, 0.15) is 0 Å². The van der Waals surface area contributed by atoms with E-state index in [9.17, 15) is 9.90 Å². The summed E-state index contributed by atoms with van der Waals surface area (Å²) in [5.74, 6) is 0.0386. The average Bonchev–Trinajstić information content (AvgIpc) is 2.96. The van der Waals surface area contributed by atoms with E-state index in [0.29, 0.717) is 11.1 Å². The molecule has 0 amide bonds. The Morgan fingerprint density at radius 1 is 0.622 bits per heavy atom. The third-order valence-electron chi connectivity index (χ3n) is 6.05. The average molecular weight is 520 g/mol. The lowest BCUT2D eigenvalue weighted by atomic mass is 10.0. The van der Waals surface area contributed by atoms with Crippen molar-refractivity contribution >= 4 is 28.4 Å². The van der Waals surface area contributed by atoms with Crippen LogP contribution in [0.2, 0.25) is 0 Å². The number of carbonyl (C=O) groups is 1. The summed E-state index contributed by atoms with van der Waals surface area (Å²) in [4.78, 5) is 18.7. The molecule has 5 aromatic rings. The Labute approximate surface area is 225 Å². The van der Waals surface area contributed by atoms with Gasteiger partial charge in [-0.05, 0) is 85.3 Å². The smallest absolute Gasteiger partial charge is 0.193 e. The highest BCUT2D eigenvalue weighted by atomic mass is 32.2. The first kappa shape index (κ1) is 25.1. The highest BCUT2D eigenvalue weighted by molar-refractivity contribution is 7.99. The summed E-state index contributed by atoms with van der Waals surface area (Å²) in [6.45, 7) is 2.15. The molecular formula is C33H27O2S2+. The zero-order valence-corrected chi connectivity index (χ0v) is 22.1. The molecule has 1 atom stereocenters. The van der Waals surface area contributed by atoms with Crippen molar-refractivity contribution in [1.29, 1.82) is 0 Å². The third kappa shape index (κ3) is 6.05. The van der Waals surface area contributed by atoms with Crippen molar-refractivity contribution in [2.45, 2.75) is 38.0 Å². The lowest BCUT2D eigenvalue weighted by molar-refractivity contribution is 0.103. The fraction of sp³-hybridized carbons (Fsp3) is 0.0606. The summed E-state index contributed by atoms with van der Waals surface area (Å²) in [6, 6.07) is 42.9. The number of ketones is 1. The monoisotopic (exact) mass is 519 g/mol. The van der Waals surface area contributed by atoms with Crippen molar-refractivity contribution in [3.8, 4) is 0 Å². The molecule has 1 unspecified atom stereocenters. The highest BCUT2D eigenvalue weighted by Crippen LogP contribution is 2.34. The molecule has 5 rings (SSSR count). The normalized spacial score (nSPS) is 11.7. The van der Waals surface area contributed by atoms with E-state index < -0.39 is 0 Å². The molecule has 0 aliphatic heterocycles. The lowest BCUT2D eigenvalue weighted by Crippen LogP contribution is -2.05. The Bertz CT molecular complexity index is 1460. The molecule has 0 saturated heterocycles. The summed E-state index contributed by atoms with van der Waals surface area (Å²) < 4.78 is 0. The van der Waals surface area contributed by atoms with Gasteiger partial charge in [-0.2, -0.15) is 0 Å². The second-order valence-electron chi connectivity index (χ2n) is 8.71. The molecule has 0 radical (unpaired) electrons. The van der Waals surface area contributed by atoms with Gasteiger partial charge in [-0.1, -0.05) is 71.9 Å². The van der Waals surface area contributed by atoms with Crippen LogP contribution in [0.15, 0.2) is 152 Å². The summed E-state index contributed by atoms with van der Waals surface area (Å²) in [6.07, 6.45) is 0. The first-order valence-corrected chi connectivity index (χ1v) is 14.1. The predicted molar refractivity (Wildman–Crippen MR) is 153 cm³/mol. The van der Waals surface area contributed by atoms with Crippen LogP contribution in [0.3, 0.4) is 0 Å². The maximum absolute atomic E-state index is 12.7. The zero-order chi connectivity index (χ0) is 25.6.